The smallest absolute Gasteiger partial charge is 0.416 e. The molecule has 0 saturated heterocycles. The molecule has 0 fully saturated rings. The fourth-order valence-corrected chi connectivity index (χ4v) is 4.67. The lowest BCUT2D eigenvalue weighted by Crippen LogP contribution is -2.27. The summed E-state index contributed by atoms with van der Waals surface area (Å²) in [5, 5.41) is 5.62. The van der Waals surface area contributed by atoms with E-state index >= 15 is 0 Å². The predicted octanol–water partition coefficient (Wildman–Crippen LogP) is 4.50. The first-order valence-electron chi connectivity index (χ1n) is 11.0. The maximum absolute atomic E-state index is 13.3. The van der Waals surface area contributed by atoms with Crippen molar-refractivity contribution in [1.82, 2.24) is 5.32 Å². The highest BCUT2D eigenvalue weighted by Gasteiger charge is 2.31. The molecule has 0 unspecified atom stereocenters. The SMILES string of the molecule is COCCNC(=O)c1ccc(NCc2ccccc2OC)c(S(=O)(=O)Nc2cccc(C(F)(F)F)c2)c1. The largest absolute Gasteiger partial charge is 0.496 e. The number of amides is 1. The summed E-state index contributed by atoms with van der Waals surface area (Å²) < 4.78 is 78.5. The molecule has 0 saturated carbocycles. The van der Waals surface area contributed by atoms with Gasteiger partial charge in [0.1, 0.15) is 10.6 Å². The van der Waals surface area contributed by atoms with Gasteiger partial charge in [-0.2, -0.15) is 13.2 Å². The summed E-state index contributed by atoms with van der Waals surface area (Å²) in [7, 11) is -1.45. The van der Waals surface area contributed by atoms with Crippen LogP contribution >= 0.6 is 0 Å². The Morgan fingerprint density at radius 1 is 0.973 bits per heavy atom. The Labute approximate surface area is 212 Å². The number of hydrogen-bond donors (Lipinski definition) is 3. The van der Waals surface area contributed by atoms with Crippen LogP contribution in [0.1, 0.15) is 21.5 Å². The zero-order valence-electron chi connectivity index (χ0n) is 20.1. The fraction of sp³-hybridized carbons (Fsp3) is 0.240. The van der Waals surface area contributed by atoms with Crippen LogP contribution in [0.2, 0.25) is 0 Å². The molecule has 12 heteroatoms. The minimum Gasteiger partial charge on any atom is -0.496 e. The lowest BCUT2D eigenvalue weighted by molar-refractivity contribution is -0.137. The number of anilines is 2. The number of methoxy groups -OCH3 is 2. The van der Waals surface area contributed by atoms with E-state index in [0.717, 1.165) is 23.8 Å². The van der Waals surface area contributed by atoms with Gasteiger partial charge in [0.05, 0.1) is 25.0 Å². The Balaban J connectivity index is 1.97. The van der Waals surface area contributed by atoms with Gasteiger partial charge in [0.25, 0.3) is 15.9 Å². The van der Waals surface area contributed by atoms with Crippen molar-refractivity contribution < 1.29 is 35.9 Å². The van der Waals surface area contributed by atoms with Gasteiger partial charge in [-0.15, -0.1) is 0 Å². The third kappa shape index (κ3) is 7.37. The second-order valence-electron chi connectivity index (χ2n) is 7.81. The van der Waals surface area contributed by atoms with Crippen LogP contribution in [0.4, 0.5) is 24.5 Å². The Bertz CT molecular complexity index is 1350. The van der Waals surface area contributed by atoms with E-state index in [-0.39, 0.29) is 41.5 Å². The van der Waals surface area contributed by atoms with Crippen molar-refractivity contribution in [2.75, 3.05) is 37.4 Å². The van der Waals surface area contributed by atoms with Crippen LogP contribution in [-0.2, 0) is 27.5 Å². The number of para-hydroxylation sites is 1. The van der Waals surface area contributed by atoms with Gasteiger partial charge in [0.15, 0.2) is 0 Å². The van der Waals surface area contributed by atoms with Crippen molar-refractivity contribution in [1.29, 1.82) is 0 Å². The standard InChI is InChI=1S/C25H26F3N3O5S/c1-35-13-12-29-24(32)17-10-11-21(30-16-18-6-3-4-9-22(18)36-2)23(14-17)37(33,34)31-20-8-5-7-19(15-20)25(26,27)28/h3-11,14-15,30-31H,12-13,16H2,1-2H3,(H,29,32). The molecule has 0 atom stereocenters. The molecule has 0 radical (unpaired) electrons. The first-order chi connectivity index (χ1) is 17.5. The Hall–Kier alpha value is -3.77. The van der Waals surface area contributed by atoms with Crippen molar-refractivity contribution in [2.24, 2.45) is 0 Å². The van der Waals surface area contributed by atoms with Crippen LogP contribution in [0, 0.1) is 0 Å². The molecule has 3 aromatic carbocycles. The summed E-state index contributed by atoms with van der Waals surface area (Å²) in [4.78, 5) is 12.2. The minimum absolute atomic E-state index is 0.0448. The van der Waals surface area contributed by atoms with E-state index in [2.05, 4.69) is 15.4 Å². The number of nitrogens with one attached hydrogen (secondary N) is 3. The summed E-state index contributed by atoms with van der Waals surface area (Å²) in [6.07, 6.45) is -4.65. The van der Waals surface area contributed by atoms with Gasteiger partial charge in [-0.3, -0.25) is 9.52 Å². The highest BCUT2D eigenvalue weighted by molar-refractivity contribution is 7.92. The summed E-state index contributed by atoms with van der Waals surface area (Å²) in [6, 6.07) is 15.0. The number of ether oxygens (including phenoxy) is 2. The molecule has 0 heterocycles. The zero-order chi connectivity index (χ0) is 27.1. The molecular formula is C25H26F3N3O5S. The van der Waals surface area contributed by atoms with Crippen molar-refractivity contribution in [2.45, 2.75) is 17.6 Å². The van der Waals surface area contributed by atoms with E-state index in [1.54, 1.807) is 24.3 Å². The van der Waals surface area contributed by atoms with Crippen LogP contribution in [0.5, 0.6) is 5.75 Å². The number of carbonyl (C=O) groups is 1. The topological polar surface area (TPSA) is 106 Å². The van der Waals surface area contributed by atoms with Crippen molar-refractivity contribution >= 4 is 27.3 Å². The second kappa shape index (κ2) is 12.0. The van der Waals surface area contributed by atoms with Gasteiger partial charge in [0.2, 0.25) is 0 Å². The number of sulfonamides is 1. The molecule has 0 aliphatic rings. The van der Waals surface area contributed by atoms with Crippen molar-refractivity contribution in [3.8, 4) is 5.75 Å². The Morgan fingerprint density at radius 3 is 2.43 bits per heavy atom. The van der Waals surface area contributed by atoms with Gasteiger partial charge < -0.3 is 20.1 Å². The number of benzene rings is 3. The summed E-state index contributed by atoms with van der Waals surface area (Å²) in [6.45, 7) is 0.635. The van der Waals surface area contributed by atoms with Gasteiger partial charge in [-0.05, 0) is 42.5 Å². The number of carbonyl (C=O) groups excluding carboxylic acids is 1. The Morgan fingerprint density at radius 2 is 1.73 bits per heavy atom. The second-order valence-corrected chi connectivity index (χ2v) is 9.46. The van der Waals surface area contributed by atoms with Crippen molar-refractivity contribution in [3.05, 3.63) is 83.4 Å². The monoisotopic (exact) mass is 537 g/mol. The number of alkyl halides is 3. The molecule has 0 bridgehead atoms. The third-order valence-corrected chi connectivity index (χ3v) is 6.65. The molecular weight excluding hydrogens is 511 g/mol. The number of rotatable bonds is 11. The van der Waals surface area contributed by atoms with Crippen LogP contribution < -0.4 is 20.1 Å². The highest BCUT2D eigenvalue weighted by Crippen LogP contribution is 2.32. The van der Waals surface area contributed by atoms with Gasteiger partial charge in [-0.1, -0.05) is 24.3 Å². The predicted molar refractivity (Wildman–Crippen MR) is 133 cm³/mol. The third-order valence-electron chi connectivity index (χ3n) is 5.23. The lowest BCUT2D eigenvalue weighted by Gasteiger charge is -2.17. The van der Waals surface area contributed by atoms with E-state index < -0.39 is 27.7 Å². The molecule has 3 rings (SSSR count). The quantitative estimate of drug-likeness (QED) is 0.311. The molecule has 37 heavy (non-hydrogen) atoms. The van der Waals surface area contributed by atoms with E-state index in [1.165, 1.54) is 32.4 Å². The van der Waals surface area contributed by atoms with Crippen LogP contribution in [0.25, 0.3) is 0 Å². The average molecular weight is 538 g/mol. The van der Waals surface area contributed by atoms with Crippen LogP contribution in [-0.4, -0.2) is 41.7 Å². The molecule has 3 N–H and O–H groups in total. The first-order valence-corrected chi connectivity index (χ1v) is 12.5. The lowest BCUT2D eigenvalue weighted by atomic mass is 10.1. The Kier molecular flexibility index (Phi) is 9.00. The highest BCUT2D eigenvalue weighted by atomic mass is 32.2. The molecule has 3 aromatic rings. The van der Waals surface area contributed by atoms with E-state index in [4.69, 9.17) is 9.47 Å². The molecule has 0 spiro atoms. The summed E-state index contributed by atoms with van der Waals surface area (Å²) >= 11 is 0. The summed E-state index contributed by atoms with van der Waals surface area (Å²) in [5.74, 6) is 0.0412. The maximum Gasteiger partial charge on any atom is 0.416 e. The van der Waals surface area contributed by atoms with Gasteiger partial charge in [-0.25, -0.2) is 8.42 Å². The minimum atomic E-state index is -4.65. The van der Waals surface area contributed by atoms with E-state index in [0.29, 0.717) is 11.8 Å². The molecule has 1 amide bonds. The van der Waals surface area contributed by atoms with Crippen LogP contribution in [0.15, 0.2) is 71.6 Å². The summed E-state index contributed by atoms with van der Waals surface area (Å²) in [5.41, 5.74) is -0.364. The molecule has 198 valence electrons. The number of halogens is 3. The van der Waals surface area contributed by atoms with Gasteiger partial charge in [0, 0.05) is 37.0 Å². The maximum atomic E-state index is 13.3. The first kappa shape index (κ1) is 27.8. The fourth-order valence-electron chi connectivity index (χ4n) is 3.41. The van der Waals surface area contributed by atoms with Gasteiger partial charge >= 0.3 is 6.18 Å². The molecule has 0 aromatic heterocycles. The number of hydrogen-bond acceptors (Lipinski definition) is 6. The molecule has 0 aliphatic carbocycles. The molecule has 8 nitrogen and oxygen atoms in total. The molecule has 0 aliphatic heterocycles. The normalized spacial score (nSPS) is 11.6. The van der Waals surface area contributed by atoms with E-state index in [9.17, 15) is 26.4 Å². The van der Waals surface area contributed by atoms with Crippen molar-refractivity contribution in [3.63, 3.8) is 0 Å². The zero-order valence-corrected chi connectivity index (χ0v) is 20.9. The van der Waals surface area contributed by atoms with Crippen LogP contribution in [0.3, 0.4) is 0 Å². The average Bonchev–Trinajstić information content (AvgIpc) is 2.87. The van der Waals surface area contributed by atoms with E-state index in [1.807, 2.05) is 0 Å².